The first-order valence-electron chi connectivity index (χ1n) is 6.21. The summed E-state index contributed by atoms with van der Waals surface area (Å²) in [6, 6.07) is -1.29. The lowest BCUT2D eigenvalue weighted by molar-refractivity contribution is -0.141. The SMILES string of the molecule is NC1CCCN(C(=O)N2C[C@H](O)C[C@H]2C(=O)O)C1. The summed E-state index contributed by atoms with van der Waals surface area (Å²) < 4.78 is 0. The van der Waals surface area contributed by atoms with Gasteiger partial charge >= 0.3 is 12.0 Å². The van der Waals surface area contributed by atoms with E-state index in [1.165, 1.54) is 4.90 Å². The maximum absolute atomic E-state index is 12.2. The lowest BCUT2D eigenvalue weighted by atomic mass is 10.1. The summed E-state index contributed by atoms with van der Waals surface area (Å²) in [5, 5.41) is 18.6. The molecule has 0 radical (unpaired) electrons. The minimum atomic E-state index is -1.07. The van der Waals surface area contributed by atoms with E-state index < -0.39 is 18.1 Å². The highest BCUT2D eigenvalue weighted by atomic mass is 16.4. The molecule has 2 heterocycles. The highest BCUT2D eigenvalue weighted by Gasteiger charge is 2.41. The predicted octanol–water partition coefficient (Wildman–Crippen LogP) is -0.951. The van der Waals surface area contributed by atoms with Gasteiger partial charge in [0.25, 0.3) is 0 Å². The van der Waals surface area contributed by atoms with Crippen LogP contribution in [0.1, 0.15) is 19.3 Å². The van der Waals surface area contributed by atoms with Gasteiger partial charge in [0.2, 0.25) is 0 Å². The average Bonchev–Trinajstić information content (AvgIpc) is 2.70. The molecule has 0 spiro atoms. The fraction of sp³-hybridized carbons (Fsp3) is 0.818. The van der Waals surface area contributed by atoms with Gasteiger partial charge in [-0.1, -0.05) is 0 Å². The van der Waals surface area contributed by atoms with Crippen LogP contribution >= 0.6 is 0 Å². The van der Waals surface area contributed by atoms with Crippen molar-refractivity contribution in [1.82, 2.24) is 9.80 Å². The molecule has 102 valence electrons. The third-order valence-electron chi connectivity index (χ3n) is 3.54. The number of hydrogen-bond acceptors (Lipinski definition) is 4. The van der Waals surface area contributed by atoms with Crippen LogP contribution in [-0.2, 0) is 4.79 Å². The number of piperidine rings is 1. The number of nitrogens with two attached hydrogens (primary N) is 1. The monoisotopic (exact) mass is 257 g/mol. The van der Waals surface area contributed by atoms with Gasteiger partial charge in [0.05, 0.1) is 6.10 Å². The van der Waals surface area contributed by atoms with Crippen LogP contribution in [0.2, 0.25) is 0 Å². The van der Waals surface area contributed by atoms with Crippen molar-refractivity contribution in [3.8, 4) is 0 Å². The first kappa shape index (κ1) is 13.1. The van der Waals surface area contributed by atoms with Crippen molar-refractivity contribution in [2.24, 2.45) is 5.73 Å². The first-order chi connectivity index (χ1) is 8.49. The Morgan fingerprint density at radius 3 is 2.61 bits per heavy atom. The molecule has 0 aromatic heterocycles. The summed E-state index contributed by atoms with van der Waals surface area (Å²) in [6.45, 7) is 1.14. The largest absolute Gasteiger partial charge is 0.480 e. The Morgan fingerprint density at radius 2 is 2.00 bits per heavy atom. The van der Waals surface area contributed by atoms with Crippen LogP contribution in [0.4, 0.5) is 4.79 Å². The lowest BCUT2D eigenvalue weighted by Gasteiger charge is -2.35. The quantitative estimate of drug-likeness (QED) is 0.561. The van der Waals surface area contributed by atoms with Crippen molar-refractivity contribution in [2.75, 3.05) is 19.6 Å². The molecule has 2 aliphatic heterocycles. The molecule has 18 heavy (non-hydrogen) atoms. The minimum Gasteiger partial charge on any atom is -0.480 e. The number of carbonyl (C=O) groups is 2. The molecular weight excluding hydrogens is 238 g/mol. The maximum atomic E-state index is 12.2. The number of hydrogen-bond donors (Lipinski definition) is 3. The number of carboxylic acid groups (broad SMARTS) is 1. The number of β-amino-alcohol motifs (C(OH)–C–C–N with tert-alkyl or cyclic N) is 1. The van der Waals surface area contributed by atoms with E-state index in [-0.39, 0.29) is 25.0 Å². The Hall–Kier alpha value is -1.34. The number of carbonyl (C=O) groups excluding carboxylic acids is 1. The van der Waals surface area contributed by atoms with Gasteiger partial charge in [-0.25, -0.2) is 9.59 Å². The molecule has 7 heteroatoms. The van der Waals surface area contributed by atoms with E-state index in [0.717, 1.165) is 12.8 Å². The summed E-state index contributed by atoms with van der Waals surface area (Å²) in [5.74, 6) is -1.07. The van der Waals surface area contributed by atoms with Crippen molar-refractivity contribution < 1.29 is 19.8 Å². The van der Waals surface area contributed by atoms with E-state index in [9.17, 15) is 14.7 Å². The van der Waals surface area contributed by atoms with Gasteiger partial charge in [0.1, 0.15) is 6.04 Å². The number of likely N-dealkylation sites (tertiary alicyclic amines) is 2. The molecule has 2 rings (SSSR count). The highest BCUT2D eigenvalue weighted by molar-refractivity contribution is 5.83. The summed E-state index contributed by atoms with van der Waals surface area (Å²) in [4.78, 5) is 26.1. The molecule has 0 saturated carbocycles. The Kier molecular flexibility index (Phi) is 3.72. The molecule has 2 saturated heterocycles. The van der Waals surface area contributed by atoms with Gasteiger partial charge in [-0.15, -0.1) is 0 Å². The van der Waals surface area contributed by atoms with Crippen molar-refractivity contribution in [2.45, 2.75) is 37.5 Å². The molecule has 3 atom stereocenters. The van der Waals surface area contributed by atoms with Crippen LogP contribution in [0.15, 0.2) is 0 Å². The molecule has 2 aliphatic rings. The third-order valence-corrected chi connectivity index (χ3v) is 3.54. The van der Waals surface area contributed by atoms with E-state index in [4.69, 9.17) is 10.8 Å². The summed E-state index contributed by atoms with van der Waals surface area (Å²) in [7, 11) is 0. The van der Waals surface area contributed by atoms with Gasteiger partial charge in [0.15, 0.2) is 0 Å². The number of carboxylic acids is 1. The Morgan fingerprint density at radius 1 is 1.28 bits per heavy atom. The van der Waals surface area contributed by atoms with Crippen molar-refractivity contribution in [3.63, 3.8) is 0 Å². The van der Waals surface area contributed by atoms with Crippen LogP contribution in [0.5, 0.6) is 0 Å². The predicted molar refractivity (Wildman–Crippen MR) is 62.9 cm³/mol. The highest BCUT2D eigenvalue weighted by Crippen LogP contribution is 2.21. The molecule has 1 unspecified atom stereocenters. The Balaban J connectivity index is 2.05. The molecule has 2 amide bonds. The van der Waals surface area contributed by atoms with Gasteiger partial charge < -0.3 is 25.7 Å². The zero-order valence-corrected chi connectivity index (χ0v) is 10.2. The zero-order valence-electron chi connectivity index (χ0n) is 10.2. The molecule has 7 nitrogen and oxygen atoms in total. The Labute approximate surface area is 105 Å². The molecule has 4 N–H and O–H groups in total. The summed E-state index contributed by atoms with van der Waals surface area (Å²) >= 11 is 0. The van der Waals surface area contributed by atoms with Crippen LogP contribution in [0.3, 0.4) is 0 Å². The number of aliphatic carboxylic acids is 1. The number of aliphatic hydroxyl groups is 1. The van der Waals surface area contributed by atoms with Crippen LogP contribution < -0.4 is 5.73 Å². The lowest BCUT2D eigenvalue weighted by Crippen LogP contribution is -2.53. The van der Waals surface area contributed by atoms with Crippen LogP contribution in [0, 0.1) is 0 Å². The molecule has 2 fully saturated rings. The van der Waals surface area contributed by atoms with E-state index in [0.29, 0.717) is 13.1 Å². The normalized spacial score (nSPS) is 32.7. The average molecular weight is 257 g/mol. The second-order valence-corrected chi connectivity index (χ2v) is 5.03. The van der Waals surface area contributed by atoms with Crippen molar-refractivity contribution >= 4 is 12.0 Å². The van der Waals surface area contributed by atoms with Crippen LogP contribution in [-0.4, -0.2) is 69.8 Å². The maximum Gasteiger partial charge on any atom is 0.326 e. The second-order valence-electron chi connectivity index (χ2n) is 5.03. The molecule has 0 bridgehead atoms. The second kappa shape index (κ2) is 5.11. The van der Waals surface area contributed by atoms with E-state index in [1.54, 1.807) is 4.90 Å². The van der Waals surface area contributed by atoms with Crippen LogP contribution in [0.25, 0.3) is 0 Å². The topological polar surface area (TPSA) is 107 Å². The fourth-order valence-corrected chi connectivity index (χ4v) is 2.62. The van der Waals surface area contributed by atoms with Crippen molar-refractivity contribution in [3.05, 3.63) is 0 Å². The number of nitrogens with zero attached hydrogens (tertiary/aromatic N) is 2. The minimum absolute atomic E-state index is 0.0431. The molecule has 0 aromatic carbocycles. The third kappa shape index (κ3) is 2.56. The van der Waals surface area contributed by atoms with E-state index >= 15 is 0 Å². The number of aliphatic hydroxyl groups excluding tert-OH is 1. The summed E-state index contributed by atoms with van der Waals surface area (Å²) in [6.07, 6.45) is 1.06. The van der Waals surface area contributed by atoms with Crippen molar-refractivity contribution in [1.29, 1.82) is 0 Å². The smallest absolute Gasteiger partial charge is 0.326 e. The molecule has 0 aromatic rings. The number of urea groups is 1. The Bertz CT molecular complexity index is 349. The van der Waals surface area contributed by atoms with Gasteiger partial charge in [-0.2, -0.15) is 0 Å². The number of amides is 2. The zero-order chi connectivity index (χ0) is 13.3. The first-order valence-corrected chi connectivity index (χ1v) is 6.21. The summed E-state index contributed by atoms with van der Waals surface area (Å²) in [5.41, 5.74) is 5.81. The van der Waals surface area contributed by atoms with Gasteiger partial charge in [0, 0.05) is 32.1 Å². The number of rotatable bonds is 1. The van der Waals surface area contributed by atoms with Gasteiger partial charge in [-0.05, 0) is 12.8 Å². The van der Waals surface area contributed by atoms with Gasteiger partial charge in [-0.3, -0.25) is 0 Å². The molecule has 0 aliphatic carbocycles. The van der Waals surface area contributed by atoms with E-state index in [2.05, 4.69) is 0 Å². The van der Waals surface area contributed by atoms with E-state index in [1.807, 2.05) is 0 Å². The fourth-order valence-electron chi connectivity index (χ4n) is 2.62. The standard InChI is InChI=1S/C11H19N3O4/c12-7-2-1-3-13(5-7)11(18)14-6-8(15)4-9(14)10(16)17/h7-9,15H,1-6,12H2,(H,16,17)/t7?,8-,9+/m1/s1. The molecular formula is C11H19N3O4.